The van der Waals surface area contributed by atoms with E-state index < -0.39 is 0 Å². The lowest BCUT2D eigenvalue weighted by Crippen LogP contribution is -2.20. The molecule has 0 aromatic rings. The number of unbranched alkanes of at least 4 members (excludes halogenated alkanes) is 3. The quantitative estimate of drug-likeness (QED) is 0.342. The molecule has 118 valence electrons. The Bertz CT molecular complexity index is 259. The lowest BCUT2D eigenvalue weighted by atomic mass is 9.99. The fourth-order valence-electron chi connectivity index (χ4n) is 2.59. The summed E-state index contributed by atoms with van der Waals surface area (Å²) in [6.45, 7) is 2.26. The second-order valence-electron chi connectivity index (χ2n) is 5.58. The van der Waals surface area contributed by atoms with Crippen molar-refractivity contribution in [3.05, 3.63) is 0 Å². The molecule has 0 aliphatic heterocycles. The summed E-state index contributed by atoms with van der Waals surface area (Å²) < 4.78 is 0. The van der Waals surface area contributed by atoms with Crippen molar-refractivity contribution in [2.24, 2.45) is 5.16 Å². The van der Waals surface area contributed by atoms with Gasteiger partial charge in [0, 0.05) is 16.8 Å². The molecule has 0 radical (unpaired) electrons. The van der Waals surface area contributed by atoms with Gasteiger partial charge in [-0.2, -0.15) is 23.5 Å². The van der Waals surface area contributed by atoms with Gasteiger partial charge in [-0.15, -0.1) is 0 Å². The third-order valence-corrected chi connectivity index (χ3v) is 6.52. The van der Waals surface area contributed by atoms with Gasteiger partial charge in [-0.05, 0) is 31.4 Å². The monoisotopic (exact) mass is 317 g/mol. The number of thioether (sulfide) groups is 2. The van der Waals surface area contributed by atoms with Gasteiger partial charge in [0.2, 0.25) is 0 Å². The Kier molecular flexibility index (Phi) is 11.7. The van der Waals surface area contributed by atoms with Crippen LogP contribution in [0, 0.1) is 0 Å². The normalized spacial score (nSPS) is 22.6. The molecule has 1 saturated carbocycles. The standard InChI is InChI=1S/C16H31NOS2/c1-2-3-4-9-12-19-13-14-20-16-11-8-6-5-7-10-15(16)17-18/h16,18H,2-14H2,1H3/b17-15-/t16-/m0/s1. The van der Waals surface area contributed by atoms with Gasteiger partial charge in [0.25, 0.3) is 0 Å². The molecule has 0 bridgehead atoms. The molecule has 0 unspecified atom stereocenters. The van der Waals surface area contributed by atoms with Crippen LogP contribution in [0.25, 0.3) is 0 Å². The maximum absolute atomic E-state index is 9.17. The minimum absolute atomic E-state index is 0.473. The highest BCUT2D eigenvalue weighted by molar-refractivity contribution is 8.03. The van der Waals surface area contributed by atoms with Crippen molar-refractivity contribution >= 4 is 29.2 Å². The summed E-state index contributed by atoms with van der Waals surface area (Å²) in [4.78, 5) is 0. The number of nitrogens with zero attached hydrogens (tertiary/aromatic N) is 1. The Morgan fingerprint density at radius 3 is 2.70 bits per heavy atom. The minimum atomic E-state index is 0.473. The van der Waals surface area contributed by atoms with Gasteiger partial charge in [0.1, 0.15) is 0 Å². The SMILES string of the molecule is CCCCCCSCCS[C@H]1CCCCCC/C1=N/O. The van der Waals surface area contributed by atoms with Crippen LogP contribution in [-0.2, 0) is 0 Å². The molecule has 0 saturated heterocycles. The van der Waals surface area contributed by atoms with Crippen LogP contribution in [0.5, 0.6) is 0 Å². The molecule has 2 nitrogen and oxygen atoms in total. The fourth-order valence-corrected chi connectivity index (χ4v) is 5.04. The second kappa shape index (κ2) is 12.9. The average Bonchev–Trinajstić information content (AvgIpc) is 2.44. The summed E-state index contributed by atoms with van der Waals surface area (Å²) in [7, 11) is 0. The van der Waals surface area contributed by atoms with Gasteiger partial charge in [-0.3, -0.25) is 0 Å². The highest BCUT2D eigenvalue weighted by atomic mass is 32.2. The van der Waals surface area contributed by atoms with Crippen LogP contribution in [0.1, 0.15) is 71.1 Å². The maximum atomic E-state index is 9.17. The largest absolute Gasteiger partial charge is 0.411 e. The molecular formula is C16H31NOS2. The first-order valence-electron chi connectivity index (χ1n) is 8.28. The van der Waals surface area contributed by atoms with E-state index in [9.17, 15) is 5.21 Å². The number of hydrogen-bond donors (Lipinski definition) is 1. The van der Waals surface area contributed by atoms with Crippen LogP contribution >= 0.6 is 23.5 Å². The van der Waals surface area contributed by atoms with E-state index in [4.69, 9.17) is 0 Å². The molecule has 1 aliphatic rings. The van der Waals surface area contributed by atoms with E-state index in [0.29, 0.717) is 5.25 Å². The lowest BCUT2D eigenvalue weighted by Gasteiger charge is -2.20. The van der Waals surface area contributed by atoms with Crippen molar-refractivity contribution in [1.29, 1.82) is 0 Å². The molecule has 0 aromatic heterocycles. The zero-order valence-electron chi connectivity index (χ0n) is 13.0. The molecule has 1 N–H and O–H groups in total. The Labute approximate surface area is 133 Å². The Hall–Kier alpha value is 0.170. The molecule has 0 amide bonds. The zero-order valence-corrected chi connectivity index (χ0v) is 14.6. The lowest BCUT2D eigenvalue weighted by molar-refractivity contribution is 0.315. The van der Waals surface area contributed by atoms with Crippen LogP contribution in [0.3, 0.4) is 0 Å². The number of hydrogen-bond acceptors (Lipinski definition) is 4. The van der Waals surface area contributed by atoms with Crippen molar-refractivity contribution < 1.29 is 5.21 Å². The molecule has 4 heteroatoms. The van der Waals surface area contributed by atoms with E-state index in [1.165, 1.54) is 75.0 Å². The van der Waals surface area contributed by atoms with Crippen LogP contribution in [0.2, 0.25) is 0 Å². The van der Waals surface area contributed by atoms with E-state index in [1.807, 2.05) is 11.8 Å². The van der Waals surface area contributed by atoms with E-state index in [2.05, 4.69) is 23.8 Å². The molecule has 0 heterocycles. The molecule has 0 spiro atoms. The minimum Gasteiger partial charge on any atom is -0.411 e. The summed E-state index contributed by atoms with van der Waals surface area (Å²) in [5.41, 5.74) is 1.04. The van der Waals surface area contributed by atoms with Crippen molar-refractivity contribution in [2.75, 3.05) is 17.3 Å². The number of rotatable bonds is 9. The molecular weight excluding hydrogens is 286 g/mol. The highest BCUT2D eigenvalue weighted by Gasteiger charge is 2.18. The highest BCUT2D eigenvalue weighted by Crippen LogP contribution is 2.26. The Balaban J connectivity index is 2.08. The average molecular weight is 318 g/mol. The summed E-state index contributed by atoms with van der Waals surface area (Å²) in [6.07, 6.45) is 12.8. The number of oxime groups is 1. The van der Waals surface area contributed by atoms with Gasteiger partial charge >= 0.3 is 0 Å². The van der Waals surface area contributed by atoms with Gasteiger partial charge in [-0.1, -0.05) is 50.6 Å². The first-order valence-corrected chi connectivity index (χ1v) is 10.5. The second-order valence-corrected chi connectivity index (χ2v) is 8.11. The third kappa shape index (κ3) is 8.46. The van der Waals surface area contributed by atoms with E-state index >= 15 is 0 Å². The smallest absolute Gasteiger partial charge is 0.0700 e. The van der Waals surface area contributed by atoms with E-state index in [-0.39, 0.29) is 0 Å². The fraction of sp³-hybridized carbons (Fsp3) is 0.938. The molecule has 0 aromatic carbocycles. The zero-order chi connectivity index (χ0) is 14.5. The van der Waals surface area contributed by atoms with Crippen LogP contribution in [-0.4, -0.2) is 33.4 Å². The van der Waals surface area contributed by atoms with Crippen LogP contribution in [0.15, 0.2) is 5.16 Å². The van der Waals surface area contributed by atoms with Crippen LogP contribution < -0.4 is 0 Å². The molecule has 1 fully saturated rings. The van der Waals surface area contributed by atoms with Crippen LogP contribution in [0.4, 0.5) is 0 Å². The summed E-state index contributed by atoms with van der Waals surface area (Å²) >= 11 is 4.10. The predicted molar refractivity (Wildman–Crippen MR) is 94.6 cm³/mol. The Morgan fingerprint density at radius 1 is 1.05 bits per heavy atom. The van der Waals surface area contributed by atoms with Crippen molar-refractivity contribution in [2.45, 2.75) is 76.4 Å². The maximum Gasteiger partial charge on any atom is 0.0700 e. The Morgan fingerprint density at radius 2 is 1.90 bits per heavy atom. The summed E-state index contributed by atoms with van der Waals surface area (Å²) in [5, 5.41) is 13.2. The molecule has 1 atom stereocenters. The summed E-state index contributed by atoms with van der Waals surface area (Å²) in [5.74, 6) is 3.75. The van der Waals surface area contributed by atoms with Gasteiger partial charge in [0.05, 0.1) is 5.71 Å². The summed E-state index contributed by atoms with van der Waals surface area (Å²) in [6, 6.07) is 0. The van der Waals surface area contributed by atoms with Gasteiger partial charge < -0.3 is 5.21 Å². The topological polar surface area (TPSA) is 32.6 Å². The predicted octanol–water partition coefficient (Wildman–Crippen LogP) is 5.59. The van der Waals surface area contributed by atoms with Crippen molar-refractivity contribution in [1.82, 2.24) is 0 Å². The van der Waals surface area contributed by atoms with Gasteiger partial charge in [0.15, 0.2) is 0 Å². The van der Waals surface area contributed by atoms with Crippen molar-refractivity contribution in [3.63, 3.8) is 0 Å². The molecule has 1 aliphatic carbocycles. The van der Waals surface area contributed by atoms with Gasteiger partial charge in [-0.25, -0.2) is 0 Å². The van der Waals surface area contributed by atoms with Crippen molar-refractivity contribution in [3.8, 4) is 0 Å². The third-order valence-electron chi connectivity index (χ3n) is 3.84. The van der Waals surface area contributed by atoms with E-state index in [1.54, 1.807) is 0 Å². The molecule has 1 rings (SSSR count). The first-order chi connectivity index (χ1) is 9.88. The first kappa shape index (κ1) is 18.2. The molecule has 20 heavy (non-hydrogen) atoms. The van der Waals surface area contributed by atoms with E-state index in [0.717, 1.165) is 12.1 Å².